The minimum absolute atomic E-state index is 0.0277. The van der Waals surface area contributed by atoms with Crippen molar-refractivity contribution in [3.8, 4) is 0 Å². The Morgan fingerprint density at radius 1 is 1.29 bits per heavy atom. The highest BCUT2D eigenvalue weighted by Gasteiger charge is 2.32. The Morgan fingerprint density at radius 3 is 2.79 bits per heavy atom. The quantitative estimate of drug-likeness (QED) is 0.856. The molecule has 1 saturated carbocycles. The molecule has 3 rings (SSSR count). The van der Waals surface area contributed by atoms with E-state index in [1.54, 1.807) is 0 Å². The Balaban J connectivity index is 1.55. The lowest BCUT2D eigenvalue weighted by atomic mass is 9.71. The fraction of sp³-hybridized carbons (Fsp3) is 0.579. The van der Waals surface area contributed by atoms with E-state index in [1.165, 1.54) is 19.3 Å². The van der Waals surface area contributed by atoms with Gasteiger partial charge in [-0.1, -0.05) is 31.4 Å². The number of amides is 1. The van der Waals surface area contributed by atoms with Crippen LogP contribution in [0.2, 0.25) is 0 Å². The van der Waals surface area contributed by atoms with Crippen molar-refractivity contribution in [2.45, 2.75) is 52.0 Å². The maximum atomic E-state index is 12.4. The van der Waals surface area contributed by atoms with Crippen LogP contribution in [0.3, 0.4) is 0 Å². The zero-order valence-corrected chi connectivity index (χ0v) is 14.6. The van der Waals surface area contributed by atoms with Crippen LogP contribution >= 0.6 is 0 Å². The lowest BCUT2D eigenvalue weighted by Crippen LogP contribution is -2.39. The van der Waals surface area contributed by atoms with Crippen molar-refractivity contribution in [2.75, 3.05) is 13.1 Å². The molecule has 0 bridgehead atoms. The highest BCUT2D eigenvalue weighted by atomic mass is 16.1. The number of hydrogen-bond acceptors (Lipinski definition) is 3. The van der Waals surface area contributed by atoms with E-state index in [0.29, 0.717) is 19.5 Å². The summed E-state index contributed by atoms with van der Waals surface area (Å²) in [6.45, 7) is 3.99. The van der Waals surface area contributed by atoms with E-state index < -0.39 is 0 Å². The van der Waals surface area contributed by atoms with Crippen molar-refractivity contribution < 1.29 is 4.79 Å². The van der Waals surface area contributed by atoms with E-state index in [-0.39, 0.29) is 11.3 Å². The standard InChI is InChI=1S/C19H28N4O/c1-15-22-16-7-3-4-8-17(16)23(15)12-11-21-18(24)13-19(14-20)9-5-2-6-10-19/h3-4,7-8H,2,5-6,9-14,20H2,1H3,(H,21,24). The predicted molar refractivity (Wildman–Crippen MR) is 96.7 cm³/mol. The van der Waals surface area contributed by atoms with E-state index in [4.69, 9.17) is 5.73 Å². The number of para-hydroxylation sites is 2. The van der Waals surface area contributed by atoms with Crippen LogP contribution in [0.15, 0.2) is 24.3 Å². The molecule has 0 unspecified atom stereocenters. The first-order valence-electron chi connectivity index (χ1n) is 9.02. The highest BCUT2D eigenvalue weighted by Crippen LogP contribution is 2.38. The molecule has 0 radical (unpaired) electrons. The molecule has 1 aromatic carbocycles. The zero-order valence-electron chi connectivity index (χ0n) is 14.6. The van der Waals surface area contributed by atoms with Gasteiger partial charge in [-0.25, -0.2) is 4.98 Å². The van der Waals surface area contributed by atoms with Crippen LogP contribution in [0.4, 0.5) is 0 Å². The van der Waals surface area contributed by atoms with Gasteiger partial charge in [0.05, 0.1) is 11.0 Å². The monoisotopic (exact) mass is 328 g/mol. The maximum absolute atomic E-state index is 12.4. The fourth-order valence-corrected chi connectivity index (χ4v) is 3.94. The summed E-state index contributed by atoms with van der Waals surface area (Å²) in [5.41, 5.74) is 8.14. The van der Waals surface area contributed by atoms with Gasteiger partial charge in [0.15, 0.2) is 0 Å². The number of carbonyl (C=O) groups is 1. The Bertz CT molecular complexity index is 700. The second kappa shape index (κ2) is 7.34. The number of benzene rings is 1. The Labute approximate surface area is 143 Å². The first kappa shape index (κ1) is 17.0. The van der Waals surface area contributed by atoms with Gasteiger partial charge in [0, 0.05) is 19.5 Å². The second-order valence-corrected chi connectivity index (χ2v) is 7.09. The molecule has 1 amide bonds. The molecule has 0 aliphatic heterocycles. The molecule has 5 nitrogen and oxygen atoms in total. The smallest absolute Gasteiger partial charge is 0.220 e. The highest BCUT2D eigenvalue weighted by molar-refractivity contribution is 5.77. The SMILES string of the molecule is Cc1nc2ccccc2n1CCNC(=O)CC1(CN)CCCCC1. The summed E-state index contributed by atoms with van der Waals surface area (Å²) in [5.74, 6) is 1.11. The number of rotatable bonds is 6. The topological polar surface area (TPSA) is 72.9 Å². The minimum Gasteiger partial charge on any atom is -0.354 e. The van der Waals surface area contributed by atoms with Gasteiger partial charge in [-0.2, -0.15) is 0 Å². The van der Waals surface area contributed by atoms with Crippen LogP contribution in [-0.2, 0) is 11.3 Å². The van der Waals surface area contributed by atoms with Crippen LogP contribution in [-0.4, -0.2) is 28.5 Å². The fourth-order valence-electron chi connectivity index (χ4n) is 3.94. The average Bonchev–Trinajstić information content (AvgIpc) is 2.91. The van der Waals surface area contributed by atoms with Crippen molar-refractivity contribution in [3.63, 3.8) is 0 Å². The number of nitrogens with two attached hydrogens (primary N) is 1. The summed E-state index contributed by atoms with van der Waals surface area (Å²) in [6.07, 6.45) is 6.41. The van der Waals surface area contributed by atoms with E-state index in [0.717, 1.165) is 36.2 Å². The van der Waals surface area contributed by atoms with Gasteiger partial charge >= 0.3 is 0 Å². The summed E-state index contributed by atoms with van der Waals surface area (Å²) in [4.78, 5) is 16.9. The molecule has 1 aromatic heterocycles. The summed E-state index contributed by atoms with van der Waals surface area (Å²) in [5, 5.41) is 3.08. The number of nitrogens with one attached hydrogen (secondary N) is 1. The molecule has 1 heterocycles. The number of fused-ring (bicyclic) bond motifs is 1. The van der Waals surface area contributed by atoms with Gasteiger partial charge in [-0.3, -0.25) is 4.79 Å². The van der Waals surface area contributed by atoms with E-state index in [1.807, 2.05) is 25.1 Å². The van der Waals surface area contributed by atoms with Crippen molar-refractivity contribution in [3.05, 3.63) is 30.1 Å². The van der Waals surface area contributed by atoms with Crippen LogP contribution in [0.1, 0.15) is 44.3 Å². The number of hydrogen-bond donors (Lipinski definition) is 2. The molecule has 1 fully saturated rings. The van der Waals surface area contributed by atoms with Gasteiger partial charge in [0.2, 0.25) is 5.91 Å². The molecule has 130 valence electrons. The summed E-state index contributed by atoms with van der Waals surface area (Å²) in [6, 6.07) is 8.11. The third-order valence-corrected chi connectivity index (χ3v) is 5.39. The van der Waals surface area contributed by atoms with Crippen LogP contribution in [0, 0.1) is 12.3 Å². The molecule has 1 aliphatic rings. The predicted octanol–water partition coefficient (Wildman–Crippen LogP) is 2.76. The third-order valence-electron chi connectivity index (χ3n) is 5.39. The molecule has 24 heavy (non-hydrogen) atoms. The number of aromatic nitrogens is 2. The Morgan fingerprint density at radius 2 is 2.04 bits per heavy atom. The van der Waals surface area contributed by atoms with Gasteiger partial charge in [-0.05, 0) is 43.9 Å². The molecule has 0 saturated heterocycles. The second-order valence-electron chi connectivity index (χ2n) is 7.09. The van der Waals surface area contributed by atoms with Gasteiger partial charge in [0.25, 0.3) is 0 Å². The average molecular weight is 328 g/mol. The van der Waals surface area contributed by atoms with Gasteiger partial charge < -0.3 is 15.6 Å². The lowest BCUT2D eigenvalue weighted by Gasteiger charge is -2.35. The van der Waals surface area contributed by atoms with E-state index in [9.17, 15) is 4.79 Å². The zero-order chi connectivity index (χ0) is 17.0. The van der Waals surface area contributed by atoms with Crippen molar-refractivity contribution >= 4 is 16.9 Å². The lowest BCUT2D eigenvalue weighted by molar-refractivity contribution is -0.123. The molecule has 5 heteroatoms. The Hall–Kier alpha value is -1.88. The first-order chi connectivity index (χ1) is 11.6. The number of imidazole rings is 1. The van der Waals surface area contributed by atoms with Gasteiger partial charge in [-0.15, -0.1) is 0 Å². The normalized spacial score (nSPS) is 17.1. The maximum Gasteiger partial charge on any atom is 0.220 e. The summed E-state index contributed by atoms with van der Waals surface area (Å²) in [7, 11) is 0. The first-order valence-corrected chi connectivity index (χ1v) is 9.02. The minimum atomic E-state index is 0.0277. The third kappa shape index (κ3) is 3.61. The summed E-state index contributed by atoms with van der Waals surface area (Å²) >= 11 is 0. The van der Waals surface area contributed by atoms with Crippen LogP contribution < -0.4 is 11.1 Å². The summed E-state index contributed by atoms with van der Waals surface area (Å²) < 4.78 is 2.16. The number of nitrogens with zero attached hydrogens (tertiary/aromatic N) is 2. The van der Waals surface area contributed by atoms with Crippen LogP contribution in [0.5, 0.6) is 0 Å². The number of carbonyl (C=O) groups excluding carboxylic acids is 1. The van der Waals surface area contributed by atoms with Crippen molar-refractivity contribution in [1.29, 1.82) is 0 Å². The molecule has 2 aromatic rings. The molecular formula is C19H28N4O. The van der Waals surface area contributed by atoms with Crippen molar-refractivity contribution in [2.24, 2.45) is 11.1 Å². The van der Waals surface area contributed by atoms with Gasteiger partial charge in [0.1, 0.15) is 5.82 Å². The molecule has 3 N–H and O–H groups in total. The van der Waals surface area contributed by atoms with E-state index in [2.05, 4.69) is 20.9 Å². The van der Waals surface area contributed by atoms with E-state index >= 15 is 0 Å². The Kier molecular flexibility index (Phi) is 5.19. The van der Waals surface area contributed by atoms with Crippen LogP contribution in [0.25, 0.3) is 11.0 Å². The largest absolute Gasteiger partial charge is 0.354 e. The number of aryl methyl sites for hydroxylation is 1. The molecular weight excluding hydrogens is 300 g/mol. The molecule has 0 spiro atoms. The van der Waals surface area contributed by atoms with Crippen molar-refractivity contribution in [1.82, 2.24) is 14.9 Å². The molecule has 0 atom stereocenters. The molecule has 1 aliphatic carbocycles.